The van der Waals surface area contributed by atoms with E-state index in [2.05, 4.69) is 10.2 Å². The van der Waals surface area contributed by atoms with Crippen LogP contribution in [0.5, 0.6) is 0 Å². The molecule has 104 valence electrons. The van der Waals surface area contributed by atoms with Crippen LogP contribution in [0.15, 0.2) is 28.9 Å². The number of rotatable bonds is 2. The highest BCUT2D eigenvalue weighted by molar-refractivity contribution is 6.35. The van der Waals surface area contributed by atoms with E-state index in [1.165, 1.54) is 19.2 Å². The summed E-state index contributed by atoms with van der Waals surface area (Å²) in [5, 5.41) is 4.48. The minimum absolute atomic E-state index is 0.0251. The van der Waals surface area contributed by atoms with Gasteiger partial charge < -0.3 is 14.6 Å². The van der Waals surface area contributed by atoms with E-state index in [0.717, 1.165) is 18.5 Å². The molecule has 3 heterocycles. The maximum absolute atomic E-state index is 12.4. The summed E-state index contributed by atoms with van der Waals surface area (Å²) in [6.45, 7) is 3.27. The number of benzene rings is 1. The third kappa shape index (κ3) is 1.91. The summed E-state index contributed by atoms with van der Waals surface area (Å²) in [5.74, 6) is 0.586. The van der Waals surface area contributed by atoms with Crippen molar-refractivity contribution in [1.29, 1.82) is 0 Å². The number of carbonyl (C=O) groups is 1. The Bertz CT molecular complexity index is 682. The van der Waals surface area contributed by atoms with E-state index in [4.69, 9.17) is 16.0 Å². The van der Waals surface area contributed by atoms with Crippen LogP contribution in [0.3, 0.4) is 0 Å². The molecule has 2 aliphatic rings. The fourth-order valence-electron chi connectivity index (χ4n) is 3.34. The van der Waals surface area contributed by atoms with Crippen LogP contribution in [0, 0.1) is 5.92 Å². The van der Waals surface area contributed by atoms with Crippen molar-refractivity contribution < 1.29 is 9.21 Å². The highest BCUT2D eigenvalue weighted by Gasteiger charge is 2.38. The molecule has 2 aliphatic heterocycles. The number of halogens is 1. The lowest BCUT2D eigenvalue weighted by Gasteiger charge is -2.23. The van der Waals surface area contributed by atoms with Gasteiger partial charge in [0, 0.05) is 30.1 Å². The number of amides is 1. The molecule has 1 amide bonds. The Balaban J connectivity index is 1.56. The summed E-state index contributed by atoms with van der Waals surface area (Å²) in [5.41, 5.74) is 1.34. The van der Waals surface area contributed by atoms with Crippen molar-refractivity contribution >= 4 is 28.5 Å². The van der Waals surface area contributed by atoms with Gasteiger partial charge >= 0.3 is 0 Å². The van der Waals surface area contributed by atoms with Crippen LogP contribution in [0.1, 0.15) is 16.8 Å². The van der Waals surface area contributed by atoms with Crippen molar-refractivity contribution in [3.05, 3.63) is 35.0 Å². The molecule has 2 saturated heterocycles. The van der Waals surface area contributed by atoms with E-state index in [1.54, 1.807) is 18.2 Å². The number of nitrogens with zero attached hydrogens (tertiary/aromatic N) is 1. The van der Waals surface area contributed by atoms with Gasteiger partial charge in [-0.05, 0) is 37.1 Å². The Hall–Kier alpha value is -1.52. The van der Waals surface area contributed by atoms with Crippen LogP contribution in [0.2, 0.25) is 5.02 Å². The summed E-state index contributed by atoms with van der Waals surface area (Å²) in [7, 11) is 0. The fraction of sp³-hybridized carbons (Fsp3) is 0.400. The number of nitrogens with one attached hydrogen (secondary N) is 1. The molecule has 3 atom stereocenters. The van der Waals surface area contributed by atoms with Gasteiger partial charge in [0.25, 0.3) is 5.91 Å². The molecule has 0 saturated carbocycles. The Morgan fingerprint density at radius 1 is 1.40 bits per heavy atom. The summed E-state index contributed by atoms with van der Waals surface area (Å²) in [4.78, 5) is 14.8. The van der Waals surface area contributed by atoms with Crippen molar-refractivity contribution in [2.75, 3.05) is 19.6 Å². The Labute approximate surface area is 121 Å². The van der Waals surface area contributed by atoms with E-state index in [9.17, 15) is 4.79 Å². The van der Waals surface area contributed by atoms with Gasteiger partial charge in [-0.1, -0.05) is 11.6 Å². The number of hydrogen-bond acceptors (Lipinski definition) is 3. The second kappa shape index (κ2) is 4.50. The van der Waals surface area contributed by atoms with Gasteiger partial charge in [-0.15, -0.1) is 0 Å². The minimum Gasteiger partial charge on any atom is -0.463 e. The summed E-state index contributed by atoms with van der Waals surface area (Å²) in [6, 6.07) is 5.65. The average molecular weight is 291 g/mol. The quantitative estimate of drug-likeness (QED) is 0.924. The third-order valence-electron chi connectivity index (χ3n) is 4.44. The van der Waals surface area contributed by atoms with Gasteiger partial charge in [0.15, 0.2) is 0 Å². The smallest absolute Gasteiger partial charge is 0.251 e. The second-order valence-electron chi connectivity index (χ2n) is 5.68. The highest BCUT2D eigenvalue weighted by atomic mass is 35.5. The monoisotopic (exact) mass is 290 g/mol. The lowest BCUT2D eigenvalue weighted by Crippen LogP contribution is -2.43. The molecule has 1 N–H and O–H groups in total. The molecule has 0 radical (unpaired) electrons. The van der Waals surface area contributed by atoms with Gasteiger partial charge in [-0.25, -0.2) is 0 Å². The molecule has 5 heteroatoms. The first-order valence-corrected chi connectivity index (χ1v) is 7.28. The zero-order valence-corrected chi connectivity index (χ0v) is 11.7. The Morgan fingerprint density at radius 2 is 2.30 bits per heavy atom. The largest absolute Gasteiger partial charge is 0.463 e. The van der Waals surface area contributed by atoms with E-state index in [1.807, 2.05) is 0 Å². The zero-order chi connectivity index (χ0) is 13.7. The van der Waals surface area contributed by atoms with Gasteiger partial charge in [0.2, 0.25) is 0 Å². The lowest BCUT2D eigenvalue weighted by molar-refractivity contribution is 0.0924. The molecule has 4 rings (SSSR count). The summed E-state index contributed by atoms with van der Waals surface area (Å²) >= 11 is 6.04. The van der Waals surface area contributed by atoms with Gasteiger partial charge in [-0.3, -0.25) is 4.79 Å². The predicted molar refractivity (Wildman–Crippen MR) is 77.0 cm³/mol. The molecule has 2 aromatic rings. The summed E-state index contributed by atoms with van der Waals surface area (Å²) < 4.78 is 5.29. The molecule has 2 bridgehead atoms. The molecule has 4 nitrogen and oxygen atoms in total. The van der Waals surface area contributed by atoms with Crippen LogP contribution >= 0.6 is 11.6 Å². The fourth-order valence-corrected chi connectivity index (χ4v) is 3.53. The molecular formula is C15H15ClN2O2. The number of piperidine rings is 1. The lowest BCUT2D eigenvalue weighted by atomic mass is 9.99. The maximum Gasteiger partial charge on any atom is 0.251 e. The average Bonchev–Trinajstić information content (AvgIpc) is 3.15. The molecule has 1 aromatic carbocycles. The van der Waals surface area contributed by atoms with Gasteiger partial charge in [0.05, 0.1) is 5.02 Å². The van der Waals surface area contributed by atoms with Crippen molar-refractivity contribution in [2.45, 2.75) is 12.5 Å². The first kappa shape index (κ1) is 12.2. The first-order chi connectivity index (χ1) is 9.70. The minimum atomic E-state index is -0.0251. The van der Waals surface area contributed by atoms with E-state index in [-0.39, 0.29) is 11.9 Å². The molecule has 20 heavy (non-hydrogen) atoms. The zero-order valence-electron chi connectivity index (χ0n) is 10.9. The first-order valence-electron chi connectivity index (χ1n) is 6.91. The van der Waals surface area contributed by atoms with E-state index >= 15 is 0 Å². The highest BCUT2D eigenvalue weighted by Crippen LogP contribution is 2.29. The molecule has 2 unspecified atom stereocenters. The summed E-state index contributed by atoms with van der Waals surface area (Å²) in [6.07, 6.45) is 2.69. The molecule has 0 aliphatic carbocycles. The predicted octanol–water partition coefficient (Wildman–Crippen LogP) is 2.52. The van der Waals surface area contributed by atoms with Crippen molar-refractivity contribution in [2.24, 2.45) is 5.92 Å². The number of furan rings is 1. The Kier molecular flexibility index (Phi) is 2.75. The van der Waals surface area contributed by atoms with Crippen LogP contribution in [-0.4, -0.2) is 36.5 Å². The SMILES string of the molecule is O=C(NC1CN2CC[C@@H]1C2)c1ccc2occ(Cl)c2c1. The van der Waals surface area contributed by atoms with E-state index in [0.29, 0.717) is 22.1 Å². The second-order valence-corrected chi connectivity index (χ2v) is 6.09. The number of carbonyl (C=O) groups excluding carboxylic acids is 1. The molecule has 1 aromatic heterocycles. The van der Waals surface area contributed by atoms with Crippen LogP contribution in [0.4, 0.5) is 0 Å². The topological polar surface area (TPSA) is 45.5 Å². The molecule has 0 spiro atoms. The van der Waals surface area contributed by atoms with Crippen molar-refractivity contribution in [1.82, 2.24) is 10.2 Å². The normalized spacial score (nSPS) is 28.1. The molecule has 2 fully saturated rings. The van der Waals surface area contributed by atoms with Crippen LogP contribution in [0.25, 0.3) is 11.0 Å². The van der Waals surface area contributed by atoms with E-state index < -0.39 is 0 Å². The van der Waals surface area contributed by atoms with Crippen LogP contribution in [-0.2, 0) is 0 Å². The van der Waals surface area contributed by atoms with Gasteiger partial charge in [0.1, 0.15) is 11.8 Å². The van der Waals surface area contributed by atoms with Crippen molar-refractivity contribution in [3.63, 3.8) is 0 Å². The van der Waals surface area contributed by atoms with Crippen LogP contribution < -0.4 is 5.32 Å². The van der Waals surface area contributed by atoms with Gasteiger partial charge in [-0.2, -0.15) is 0 Å². The number of fused-ring (bicyclic) bond motifs is 3. The standard InChI is InChI=1S/C15H15ClN2O2/c16-12-8-20-14-2-1-9(5-11(12)14)15(19)17-13-7-18-4-3-10(13)6-18/h1-2,5,8,10,13H,3-4,6-7H2,(H,17,19)/t10-,13?/m1/s1. The van der Waals surface area contributed by atoms with Crippen molar-refractivity contribution in [3.8, 4) is 0 Å². The third-order valence-corrected chi connectivity index (χ3v) is 4.73. The maximum atomic E-state index is 12.4. The Morgan fingerprint density at radius 3 is 3.05 bits per heavy atom. The molecular weight excluding hydrogens is 276 g/mol. The number of hydrogen-bond donors (Lipinski definition) is 1.